The van der Waals surface area contributed by atoms with Crippen LogP contribution in [0.25, 0.3) is 0 Å². The molecule has 0 spiro atoms. The van der Waals surface area contributed by atoms with Gasteiger partial charge in [0.05, 0.1) is 12.4 Å². The first-order valence-electron chi connectivity index (χ1n) is 13.2. The lowest BCUT2D eigenvalue weighted by Crippen LogP contribution is -2.42. The SMILES string of the molecule is CCCC1(C(CC(C)(C)C)C(C)C)CCC(OCOCC(C)C(C)(C)C)=CCC1CC. The smallest absolute Gasteiger partial charge is 0.188 e. The molecule has 184 valence electrons. The Morgan fingerprint density at radius 2 is 1.71 bits per heavy atom. The van der Waals surface area contributed by atoms with Crippen molar-refractivity contribution in [2.45, 2.75) is 121 Å². The molecule has 0 bridgehead atoms. The van der Waals surface area contributed by atoms with Crippen LogP contribution in [-0.2, 0) is 9.47 Å². The average Bonchev–Trinajstić information content (AvgIpc) is 2.81. The highest BCUT2D eigenvalue weighted by Gasteiger charge is 2.46. The number of hydrogen-bond acceptors (Lipinski definition) is 2. The molecule has 0 aliphatic heterocycles. The fraction of sp³-hybridized carbons (Fsp3) is 0.931. The second-order valence-corrected chi connectivity index (χ2v) is 13.0. The molecule has 0 saturated carbocycles. The van der Waals surface area contributed by atoms with Crippen molar-refractivity contribution in [3.63, 3.8) is 0 Å². The molecule has 0 aromatic rings. The summed E-state index contributed by atoms with van der Waals surface area (Å²) in [6, 6.07) is 0. The van der Waals surface area contributed by atoms with Crippen molar-refractivity contribution < 1.29 is 9.47 Å². The summed E-state index contributed by atoms with van der Waals surface area (Å²) in [7, 11) is 0. The Labute approximate surface area is 195 Å². The van der Waals surface area contributed by atoms with E-state index in [4.69, 9.17) is 9.47 Å². The molecular formula is C29H56O2. The van der Waals surface area contributed by atoms with Gasteiger partial charge in [0.15, 0.2) is 6.79 Å². The summed E-state index contributed by atoms with van der Waals surface area (Å²) in [5.74, 6) is 3.90. The van der Waals surface area contributed by atoms with Gasteiger partial charge < -0.3 is 9.47 Å². The van der Waals surface area contributed by atoms with Gasteiger partial charge in [0, 0.05) is 6.42 Å². The van der Waals surface area contributed by atoms with E-state index in [0.29, 0.717) is 29.5 Å². The van der Waals surface area contributed by atoms with Gasteiger partial charge in [-0.15, -0.1) is 0 Å². The van der Waals surface area contributed by atoms with Crippen molar-refractivity contribution in [2.24, 2.45) is 39.9 Å². The van der Waals surface area contributed by atoms with Crippen LogP contribution in [0.3, 0.4) is 0 Å². The zero-order chi connectivity index (χ0) is 23.9. The molecule has 0 aromatic heterocycles. The van der Waals surface area contributed by atoms with Crippen LogP contribution in [0.15, 0.2) is 11.8 Å². The quantitative estimate of drug-likeness (QED) is 0.237. The van der Waals surface area contributed by atoms with Crippen LogP contribution >= 0.6 is 0 Å². The van der Waals surface area contributed by atoms with Gasteiger partial charge in [-0.05, 0) is 71.7 Å². The maximum atomic E-state index is 6.17. The summed E-state index contributed by atoms with van der Waals surface area (Å²) in [5, 5.41) is 0. The van der Waals surface area contributed by atoms with Crippen molar-refractivity contribution in [1.82, 2.24) is 0 Å². The van der Waals surface area contributed by atoms with E-state index in [9.17, 15) is 0 Å². The van der Waals surface area contributed by atoms with Gasteiger partial charge in [0.2, 0.25) is 0 Å². The van der Waals surface area contributed by atoms with Gasteiger partial charge in [0.25, 0.3) is 0 Å². The summed E-state index contributed by atoms with van der Waals surface area (Å²) in [6.07, 6.45) is 11.0. The third kappa shape index (κ3) is 8.75. The minimum absolute atomic E-state index is 0.272. The molecule has 1 aliphatic carbocycles. The molecule has 0 saturated heterocycles. The van der Waals surface area contributed by atoms with Crippen molar-refractivity contribution in [3.8, 4) is 0 Å². The number of hydrogen-bond donors (Lipinski definition) is 0. The van der Waals surface area contributed by atoms with Crippen LogP contribution in [0, 0.1) is 39.9 Å². The fourth-order valence-corrected chi connectivity index (χ4v) is 5.70. The number of ether oxygens (including phenoxy) is 2. The highest BCUT2D eigenvalue weighted by Crippen LogP contribution is 2.55. The van der Waals surface area contributed by atoms with Gasteiger partial charge in [-0.2, -0.15) is 0 Å². The highest BCUT2D eigenvalue weighted by molar-refractivity contribution is 5.05. The summed E-state index contributed by atoms with van der Waals surface area (Å²) in [4.78, 5) is 0. The molecule has 1 aliphatic rings. The summed E-state index contributed by atoms with van der Waals surface area (Å²) < 4.78 is 12.1. The third-order valence-corrected chi connectivity index (χ3v) is 8.04. The molecular weight excluding hydrogens is 380 g/mol. The van der Waals surface area contributed by atoms with E-state index in [1.54, 1.807) is 0 Å². The van der Waals surface area contributed by atoms with E-state index < -0.39 is 0 Å². The Morgan fingerprint density at radius 3 is 2.19 bits per heavy atom. The minimum Gasteiger partial charge on any atom is -0.472 e. The lowest BCUT2D eigenvalue weighted by molar-refractivity contribution is -0.0519. The Hall–Kier alpha value is -0.500. The Kier molecular flexibility index (Phi) is 11.1. The van der Waals surface area contributed by atoms with E-state index in [0.717, 1.165) is 37.0 Å². The van der Waals surface area contributed by atoms with Crippen molar-refractivity contribution in [3.05, 3.63) is 11.8 Å². The van der Waals surface area contributed by atoms with Crippen LogP contribution in [0.2, 0.25) is 0 Å². The van der Waals surface area contributed by atoms with Crippen molar-refractivity contribution >= 4 is 0 Å². The van der Waals surface area contributed by atoms with Gasteiger partial charge in [-0.1, -0.05) is 89.0 Å². The predicted molar refractivity (Wildman–Crippen MR) is 136 cm³/mol. The molecule has 0 N–H and O–H groups in total. The fourth-order valence-electron chi connectivity index (χ4n) is 5.70. The van der Waals surface area contributed by atoms with Crippen LogP contribution in [-0.4, -0.2) is 13.4 Å². The van der Waals surface area contributed by atoms with Crippen LogP contribution in [0.4, 0.5) is 0 Å². The van der Waals surface area contributed by atoms with Gasteiger partial charge in [-0.3, -0.25) is 0 Å². The lowest BCUT2D eigenvalue weighted by Gasteiger charge is -2.50. The largest absolute Gasteiger partial charge is 0.472 e. The maximum Gasteiger partial charge on any atom is 0.188 e. The zero-order valence-corrected chi connectivity index (χ0v) is 23.1. The monoisotopic (exact) mass is 436 g/mol. The Bertz CT molecular complexity index is 534. The molecule has 4 unspecified atom stereocenters. The van der Waals surface area contributed by atoms with Crippen LogP contribution in [0.1, 0.15) is 121 Å². The predicted octanol–water partition coefficient (Wildman–Crippen LogP) is 9.25. The van der Waals surface area contributed by atoms with Gasteiger partial charge >= 0.3 is 0 Å². The van der Waals surface area contributed by atoms with E-state index in [1.807, 2.05) is 0 Å². The molecule has 0 aromatic carbocycles. The molecule has 0 heterocycles. The first-order chi connectivity index (χ1) is 14.3. The third-order valence-electron chi connectivity index (χ3n) is 8.04. The van der Waals surface area contributed by atoms with E-state index in [1.165, 1.54) is 32.1 Å². The first kappa shape index (κ1) is 28.5. The topological polar surface area (TPSA) is 18.5 Å². The second kappa shape index (κ2) is 12.1. The molecule has 2 heteroatoms. The van der Waals surface area contributed by atoms with E-state index in [2.05, 4.69) is 82.2 Å². The number of rotatable bonds is 11. The average molecular weight is 437 g/mol. The molecule has 2 nitrogen and oxygen atoms in total. The zero-order valence-electron chi connectivity index (χ0n) is 23.1. The van der Waals surface area contributed by atoms with Crippen molar-refractivity contribution in [2.75, 3.05) is 13.4 Å². The summed E-state index contributed by atoms with van der Waals surface area (Å²) in [5.41, 5.74) is 1.05. The molecule has 4 atom stereocenters. The first-order valence-corrected chi connectivity index (χ1v) is 13.2. The molecule has 0 amide bonds. The highest BCUT2D eigenvalue weighted by atomic mass is 16.7. The minimum atomic E-state index is 0.272. The molecule has 0 fully saturated rings. The molecule has 1 rings (SSSR count). The maximum absolute atomic E-state index is 6.17. The van der Waals surface area contributed by atoms with Crippen molar-refractivity contribution in [1.29, 1.82) is 0 Å². The summed E-state index contributed by atoms with van der Waals surface area (Å²) >= 11 is 0. The van der Waals surface area contributed by atoms with Crippen LogP contribution in [0.5, 0.6) is 0 Å². The number of allylic oxidation sites excluding steroid dienone is 2. The molecule has 0 radical (unpaired) electrons. The van der Waals surface area contributed by atoms with Crippen LogP contribution < -0.4 is 0 Å². The van der Waals surface area contributed by atoms with Gasteiger partial charge in [-0.25, -0.2) is 0 Å². The lowest BCUT2D eigenvalue weighted by atomic mass is 9.55. The summed E-state index contributed by atoms with van der Waals surface area (Å²) in [6.45, 7) is 27.2. The van der Waals surface area contributed by atoms with Gasteiger partial charge in [0.1, 0.15) is 0 Å². The standard InChI is InChI=1S/C29H56O2/c1-12-17-29(26(22(3)4)19-27(6,7)8)18-16-25(15-14-24(29)13-2)31-21-30-20-23(5)28(9,10)11/h15,22-24,26H,12-14,16-21H2,1-11H3. The Morgan fingerprint density at radius 1 is 1.06 bits per heavy atom. The Balaban J connectivity index is 2.92. The van der Waals surface area contributed by atoms with E-state index >= 15 is 0 Å². The second-order valence-electron chi connectivity index (χ2n) is 13.0. The normalized spacial score (nSPS) is 25.2. The van der Waals surface area contributed by atoms with E-state index in [-0.39, 0.29) is 5.41 Å². The molecule has 31 heavy (non-hydrogen) atoms.